The van der Waals surface area contributed by atoms with Crippen molar-refractivity contribution in [1.29, 1.82) is 5.26 Å². The molecule has 3 aromatic heterocycles. The molecule has 1 aliphatic rings. The molecule has 1 atom stereocenters. The molecule has 10 nitrogen and oxygen atoms in total. The van der Waals surface area contributed by atoms with Gasteiger partial charge in [0.2, 0.25) is 5.95 Å². The van der Waals surface area contributed by atoms with Crippen LogP contribution < -0.4 is 22.3 Å². The second kappa shape index (κ2) is 8.81. The number of rotatable bonds is 6. The van der Waals surface area contributed by atoms with Crippen molar-refractivity contribution in [3.05, 3.63) is 69.2 Å². The molecule has 4 aromatic rings. The van der Waals surface area contributed by atoms with Crippen molar-refractivity contribution in [3.63, 3.8) is 0 Å². The monoisotopic (exact) mass is 491 g/mol. The highest BCUT2D eigenvalue weighted by atomic mass is 35.5. The lowest BCUT2D eigenvalue weighted by atomic mass is 10.0. The molecular formula is C23H19ClFN9O. The summed E-state index contributed by atoms with van der Waals surface area (Å²) in [5.74, 6) is -0.424. The number of benzene rings is 1. The number of nitrogen functional groups attached to an aromatic ring is 2. The molecule has 1 aliphatic carbocycles. The molecule has 0 radical (unpaired) electrons. The van der Waals surface area contributed by atoms with Crippen LogP contribution in [0.25, 0.3) is 16.6 Å². The molecule has 5 N–H and O–H groups in total. The standard InChI is InChI=1S/C23H19ClFN9O/c24-15-5-6-16(25)18-17(15)22(35)34(12-2-1-7-29-9-12)21(31-18)14(11-3-4-11)10-30-20-13(8-26)19(27)32-23(28)33-20/h1-2,5-7,9,11,14H,3-4,10H2,(H5,27,28,30,32,33). The van der Waals surface area contributed by atoms with E-state index in [4.69, 9.17) is 23.1 Å². The third kappa shape index (κ3) is 4.08. The summed E-state index contributed by atoms with van der Waals surface area (Å²) in [6.07, 6.45) is 4.90. The molecule has 1 unspecified atom stereocenters. The predicted molar refractivity (Wildman–Crippen MR) is 130 cm³/mol. The maximum Gasteiger partial charge on any atom is 0.267 e. The summed E-state index contributed by atoms with van der Waals surface area (Å²) >= 11 is 6.29. The third-order valence-electron chi connectivity index (χ3n) is 5.93. The summed E-state index contributed by atoms with van der Waals surface area (Å²) < 4.78 is 16.2. The first-order valence-corrected chi connectivity index (χ1v) is 11.1. The van der Waals surface area contributed by atoms with Crippen LogP contribution in [0.5, 0.6) is 0 Å². The molecule has 0 bridgehead atoms. The van der Waals surface area contributed by atoms with Crippen LogP contribution in [0.2, 0.25) is 5.02 Å². The summed E-state index contributed by atoms with van der Waals surface area (Å²) in [6.45, 7) is 0.232. The number of aromatic nitrogens is 5. The molecule has 3 heterocycles. The zero-order valence-corrected chi connectivity index (χ0v) is 19.0. The Morgan fingerprint density at radius 3 is 2.74 bits per heavy atom. The van der Waals surface area contributed by atoms with Crippen molar-refractivity contribution in [1.82, 2.24) is 24.5 Å². The van der Waals surface area contributed by atoms with Gasteiger partial charge in [-0.25, -0.2) is 9.37 Å². The zero-order valence-electron chi connectivity index (χ0n) is 18.2. The number of hydrogen-bond donors (Lipinski definition) is 3. The summed E-state index contributed by atoms with van der Waals surface area (Å²) in [5, 5.41) is 12.7. The van der Waals surface area contributed by atoms with Gasteiger partial charge in [-0.15, -0.1) is 0 Å². The number of nitrogens with two attached hydrogens (primary N) is 2. The molecular weight excluding hydrogens is 473 g/mol. The van der Waals surface area contributed by atoms with Gasteiger partial charge in [0.05, 0.1) is 22.3 Å². The summed E-state index contributed by atoms with van der Waals surface area (Å²) in [7, 11) is 0. The van der Waals surface area contributed by atoms with E-state index in [0.717, 1.165) is 12.8 Å². The van der Waals surface area contributed by atoms with Crippen molar-refractivity contribution in [2.45, 2.75) is 18.8 Å². The van der Waals surface area contributed by atoms with Crippen LogP contribution in [0.15, 0.2) is 41.5 Å². The van der Waals surface area contributed by atoms with E-state index in [1.807, 2.05) is 6.07 Å². The molecule has 0 aliphatic heterocycles. The maximum atomic E-state index is 14.8. The van der Waals surface area contributed by atoms with Crippen molar-refractivity contribution in [2.75, 3.05) is 23.3 Å². The minimum Gasteiger partial charge on any atom is -0.382 e. The van der Waals surface area contributed by atoms with Gasteiger partial charge in [0.15, 0.2) is 5.82 Å². The Labute approximate surface area is 203 Å². The van der Waals surface area contributed by atoms with E-state index in [9.17, 15) is 14.4 Å². The fourth-order valence-electron chi connectivity index (χ4n) is 4.13. The Bertz CT molecular complexity index is 1550. The van der Waals surface area contributed by atoms with Crippen molar-refractivity contribution in [2.24, 2.45) is 5.92 Å². The van der Waals surface area contributed by atoms with Gasteiger partial charge in [0.1, 0.15) is 34.6 Å². The van der Waals surface area contributed by atoms with Crippen LogP contribution >= 0.6 is 11.6 Å². The Kier molecular flexibility index (Phi) is 5.66. The fourth-order valence-corrected chi connectivity index (χ4v) is 4.36. The average molecular weight is 492 g/mol. The normalized spacial score (nSPS) is 14.0. The van der Waals surface area contributed by atoms with Gasteiger partial charge in [-0.2, -0.15) is 15.2 Å². The molecule has 176 valence electrons. The molecule has 5 rings (SSSR count). The van der Waals surface area contributed by atoms with Crippen LogP contribution in [-0.4, -0.2) is 31.0 Å². The largest absolute Gasteiger partial charge is 0.382 e. The van der Waals surface area contributed by atoms with Gasteiger partial charge < -0.3 is 16.8 Å². The van der Waals surface area contributed by atoms with E-state index < -0.39 is 11.4 Å². The molecule has 0 amide bonds. The second-order valence-electron chi connectivity index (χ2n) is 8.20. The quantitative estimate of drug-likeness (QED) is 0.368. The predicted octanol–water partition coefficient (Wildman–Crippen LogP) is 3.00. The van der Waals surface area contributed by atoms with Crippen LogP contribution in [0.1, 0.15) is 30.1 Å². The Morgan fingerprint density at radius 1 is 1.26 bits per heavy atom. The van der Waals surface area contributed by atoms with Crippen molar-refractivity contribution >= 4 is 40.1 Å². The SMILES string of the molecule is N#Cc1c(N)nc(N)nc1NCC(c1nc2c(F)ccc(Cl)c2c(=O)n1-c1cccnc1)C1CC1. The first-order valence-electron chi connectivity index (χ1n) is 10.8. The third-order valence-corrected chi connectivity index (χ3v) is 6.25. The molecule has 1 fully saturated rings. The van der Waals surface area contributed by atoms with Crippen molar-refractivity contribution in [3.8, 4) is 11.8 Å². The minimum absolute atomic E-state index is 0.00936. The zero-order chi connectivity index (χ0) is 24.7. The van der Waals surface area contributed by atoms with Gasteiger partial charge in [0.25, 0.3) is 5.56 Å². The van der Waals surface area contributed by atoms with Crippen molar-refractivity contribution < 1.29 is 4.39 Å². The molecule has 0 spiro atoms. The molecule has 0 saturated heterocycles. The first kappa shape index (κ1) is 22.5. The Hall–Kier alpha value is -4.30. The number of pyridine rings is 1. The van der Waals surface area contributed by atoms with Gasteiger partial charge in [-0.05, 0) is 43.0 Å². The lowest BCUT2D eigenvalue weighted by Gasteiger charge is -2.22. The lowest BCUT2D eigenvalue weighted by molar-refractivity contribution is 0.570. The lowest BCUT2D eigenvalue weighted by Crippen LogP contribution is -2.29. The summed E-state index contributed by atoms with van der Waals surface area (Å²) in [5.41, 5.74) is 11.5. The van der Waals surface area contributed by atoms with E-state index >= 15 is 0 Å². The number of anilines is 3. The number of halogens is 2. The summed E-state index contributed by atoms with van der Waals surface area (Å²) in [6, 6.07) is 7.91. The summed E-state index contributed by atoms with van der Waals surface area (Å²) in [4.78, 5) is 30.3. The van der Waals surface area contributed by atoms with E-state index in [0.29, 0.717) is 11.5 Å². The van der Waals surface area contributed by atoms with E-state index in [1.54, 1.807) is 18.3 Å². The number of nitriles is 1. The van der Waals surface area contributed by atoms with Crippen LogP contribution in [0.3, 0.4) is 0 Å². The first-order chi connectivity index (χ1) is 16.9. The molecule has 1 saturated carbocycles. The highest BCUT2D eigenvalue weighted by molar-refractivity contribution is 6.35. The number of fused-ring (bicyclic) bond motifs is 1. The van der Waals surface area contributed by atoms with E-state index in [-0.39, 0.29) is 57.5 Å². The average Bonchev–Trinajstić information content (AvgIpc) is 3.67. The Morgan fingerprint density at radius 2 is 2.06 bits per heavy atom. The smallest absolute Gasteiger partial charge is 0.267 e. The highest BCUT2D eigenvalue weighted by Crippen LogP contribution is 2.43. The molecule has 35 heavy (non-hydrogen) atoms. The molecule has 1 aromatic carbocycles. The number of hydrogen-bond acceptors (Lipinski definition) is 9. The molecule has 12 heteroatoms. The fraction of sp³-hybridized carbons (Fsp3) is 0.217. The van der Waals surface area contributed by atoms with Gasteiger partial charge in [-0.3, -0.25) is 14.3 Å². The number of nitrogens with zero attached hydrogens (tertiary/aromatic N) is 6. The minimum atomic E-state index is -0.647. The highest BCUT2D eigenvalue weighted by Gasteiger charge is 2.36. The van der Waals surface area contributed by atoms with Gasteiger partial charge in [0, 0.05) is 18.7 Å². The van der Waals surface area contributed by atoms with Crippen LogP contribution in [0.4, 0.5) is 22.0 Å². The number of nitrogens with one attached hydrogen (secondary N) is 1. The van der Waals surface area contributed by atoms with Crippen LogP contribution in [0, 0.1) is 23.1 Å². The maximum absolute atomic E-state index is 14.8. The Balaban J connectivity index is 1.68. The van der Waals surface area contributed by atoms with Crippen LogP contribution in [-0.2, 0) is 0 Å². The van der Waals surface area contributed by atoms with Gasteiger partial charge in [-0.1, -0.05) is 11.6 Å². The van der Waals surface area contributed by atoms with E-state index in [1.165, 1.54) is 22.9 Å². The van der Waals surface area contributed by atoms with Gasteiger partial charge >= 0.3 is 0 Å². The topological polar surface area (TPSA) is 161 Å². The second-order valence-corrected chi connectivity index (χ2v) is 8.61. The van der Waals surface area contributed by atoms with E-state index in [2.05, 4.69) is 25.3 Å².